The van der Waals surface area contributed by atoms with Gasteiger partial charge in [-0.1, -0.05) is 12.1 Å². The van der Waals surface area contributed by atoms with E-state index >= 15 is 0 Å². The van der Waals surface area contributed by atoms with Crippen LogP contribution in [0.25, 0.3) is 10.9 Å². The molecule has 0 bridgehead atoms. The third kappa shape index (κ3) is 2.72. The van der Waals surface area contributed by atoms with Crippen LogP contribution in [0.4, 0.5) is 0 Å². The number of aromatic hydroxyl groups is 1. The summed E-state index contributed by atoms with van der Waals surface area (Å²) in [6.45, 7) is 3.27. The van der Waals surface area contributed by atoms with Crippen molar-refractivity contribution in [2.24, 2.45) is 0 Å². The van der Waals surface area contributed by atoms with Gasteiger partial charge in [0.2, 0.25) is 0 Å². The van der Waals surface area contributed by atoms with Crippen molar-refractivity contribution in [2.75, 3.05) is 26.3 Å². The number of ether oxygens (including phenoxy) is 1. The Labute approximate surface area is 140 Å². The van der Waals surface area contributed by atoms with Crippen LogP contribution in [0, 0.1) is 0 Å². The third-order valence-corrected chi connectivity index (χ3v) is 4.65. The lowest BCUT2D eigenvalue weighted by molar-refractivity contribution is -0.933. The molecule has 2 aromatic heterocycles. The number of hydrogen-bond donors (Lipinski definition) is 2. The summed E-state index contributed by atoms with van der Waals surface area (Å²) in [5.74, 6) is 0.265. The Morgan fingerprint density at radius 1 is 1.04 bits per heavy atom. The molecule has 0 radical (unpaired) electrons. The molecule has 1 atom stereocenters. The molecule has 0 aliphatic carbocycles. The fraction of sp³-hybridized carbons (Fsp3) is 0.263. The quantitative estimate of drug-likeness (QED) is 0.764. The zero-order valence-electron chi connectivity index (χ0n) is 13.4. The lowest BCUT2D eigenvalue weighted by atomic mass is 9.95. The van der Waals surface area contributed by atoms with Gasteiger partial charge in [0.25, 0.3) is 0 Å². The fourth-order valence-corrected chi connectivity index (χ4v) is 3.48. The van der Waals surface area contributed by atoms with Crippen molar-refractivity contribution >= 4 is 10.9 Å². The number of morpholine rings is 1. The highest BCUT2D eigenvalue weighted by Crippen LogP contribution is 2.32. The molecule has 1 aliphatic heterocycles. The van der Waals surface area contributed by atoms with Crippen molar-refractivity contribution < 1.29 is 14.7 Å². The summed E-state index contributed by atoms with van der Waals surface area (Å²) in [4.78, 5) is 10.0. The Morgan fingerprint density at radius 2 is 1.88 bits per heavy atom. The van der Waals surface area contributed by atoms with Gasteiger partial charge in [0, 0.05) is 29.5 Å². The second-order valence-corrected chi connectivity index (χ2v) is 6.07. The summed E-state index contributed by atoms with van der Waals surface area (Å²) in [6.07, 6.45) is 5.37. The molecule has 1 saturated heterocycles. The summed E-state index contributed by atoms with van der Waals surface area (Å²) < 4.78 is 5.51. The molecule has 5 heteroatoms. The molecule has 0 amide bonds. The van der Waals surface area contributed by atoms with E-state index in [-0.39, 0.29) is 11.8 Å². The molecular weight excluding hydrogens is 302 g/mol. The lowest BCUT2D eigenvalue weighted by Gasteiger charge is -2.32. The van der Waals surface area contributed by atoms with Gasteiger partial charge in [-0.2, -0.15) is 0 Å². The maximum Gasteiger partial charge on any atom is 0.151 e. The van der Waals surface area contributed by atoms with Crippen LogP contribution in [-0.2, 0) is 4.74 Å². The molecule has 122 valence electrons. The Hall–Kier alpha value is -2.50. The van der Waals surface area contributed by atoms with Gasteiger partial charge in [-0.05, 0) is 24.3 Å². The summed E-state index contributed by atoms with van der Waals surface area (Å²) in [6, 6.07) is 11.9. The number of benzene rings is 1. The van der Waals surface area contributed by atoms with Crippen molar-refractivity contribution in [1.29, 1.82) is 0 Å². The molecule has 5 nitrogen and oxygen atoms in total. The maximum absolute atomic E-state index is 10.9. The molecule has 3 aromatic rings. The van der Waals surface area contributed by atoms with E-state index in [4.69, 9.17) is 4.74 Å². The van der Waals surface area contributed by atoms with Gasteiger partial charge in [0.15, 0.2) is 5.75 Å². The molecule has 24 heavy (non-hydrogen) atoms. The summed E-state index contributed by atoms with van der Waals surface area (Å²) in [7, 11) is 0. The largest absolute Gasteiger partial charge is 0.505 e. The van der Waals surface area contributed by atoms with Crippen molar-refractivity contribution in [2.45, 2.75) is 6.04 Å². The first kappa shape index (κ1) is 15.1. The summed E-state index contributed by atoms with van der Waals surface area (Å²) in [5.41, 5.74) is 2.64. The van der Waals surface area contributed by atoms with Gasteiger partial charge >= 0.3 is 0 Å². The number of phenols is 1. The van der Waals surface area contributed by atoms with E-state index < -0.39 is 0 Å². The average Bonchev–Trinajstić information content (AvgIpc) is 2.66. The van der Waals surface area contributed by atoms with Crippen LogP contribution in [0.3, 0.4) is 0 Å². The number of pyridine rings is 2. The van der Waals surface area contributed by atoms with E-state index in [1.807, 2.05) is 36.5 Å². The van der Waals surface area contributed by atoms with Crippen LogP contribution < -0.4 is 4.90 Å². The number of nitrogens with one attached hydrogen (secondary N) is 1. The van der Waals surface area contributed by atoms with Gasteiger partial charge in [-0.25, -0.2) is 0 Å². The van der Waals surface area contributed by atoms with Crippen molar-refractivity contribution in [3.8, 4) is 5.75 Å². The highest BCUT2D eigenvalue weighted by atomic mass is 16.5. The Bertz CT molecular complexity index is 832. The molecule has 4 rings (SSSR count). The first-order valence-corrected chi connectivity index (χ1v) is 8.23. The average molecular weight is 322 g/mol. The molecule has 0 saturated carbocycles. The number of phenolic OH excluding ortho intramolecular Hbond substituents is 1. The van der Waals surface area contributed by atoms with Crippen molar-refractivity contribution in [1.82, 2.24) is 9.97 Å². The first-order valence-electron chi connectivity index (χ1n) is 8.23. The normalized spacial score (nSPS) is 17.0. The number of rotatable bonds is 3. The molecule has 0 spiro atoms. The Balaban J connectivity index is 1.85. The highest BCUT2D eigenvalue weighted by molar-refractivity contribution is 5.85. The topological polar surface area (TPSA) is 59.7 Å². The van der Waals surface area contributed by atoms with Crippen LogP contribution in [0.2, 0.25) is 0 Å². The third-order valence-electron chi connectivity index (χ3n) is 4.65. The van der Waals surface area contributed by atoms with Gasteiger partial charge < -0.3 is 14.7 Å². The predicted octanol–water partition coefficient (Wildman–Crippen LogP) is 1.34. The van der Waals surface area contributed by atoms with Crippen LogP contribution in [0.1, 0.15) is 17.2 Å². The molecule has 1 unspecified atom stereocenters. The minimum absolute atomic E-state index is 0.0222. The van der Waals surface area contributed by atoms with Gasteiger partial charge in [-0.3, -0.25) is 9.97 Å². The van der Waals surface area contributed by atoms with Crippen LogP contribution >= 0.6 is 0 Å². The van der Waals surface area contributed by atoms with Gasteiger partial charge in [0.1, 0.15) is 24.6 Å². The number of aromatic nitrogens is 2. The van der Waals surface area contributed by atoms with Crippen LogP contribution in [-0.4, -0.2) is 41.4 Å². The van der Waals surface area contributed by atoms with E-state index in [9.17, 15) is 5.11 Å². The zero-order chi connectivity index (χ0) is 16.4. The number of fused-ring (bicyclic) bond motifs is 1. The van der Waals surface area contributed by atoms with Gasteiger partial charge in [0.05, 0.1) is 18.8 Å². The van der Waals surface area contributed by atoms with E-state index in [2.05, 4.69) is 16.0 Å². The monoisotopic (exact) mass is 322 g/mol. The fourth-order valence-electron chi connectivity index (χ4n) is 3.48. The van der Waals surface area contributed by atoms with E-state index in [0.717, 1.165) is 42.8 Å². The molecule has 3 heterocycles. The molecule has 2 N–H and O–H groups in total. The Kier molecular flexibility index (Phi) is 4.11. The predicted molar refractivity (Wildman–Crippen MR) is 91.0 cm³/mol. The van der Waals surface area contributed by atoms with E-state index in [0.29, 0.717) is 5.52 Å². The molecule has 1 aromatic carbocycles. The SMILES string of the molecule is Oc1c(C(c2cccnc2)[NH+]2CCOCC2)ccc2cccnc12. The van der Waals surface area contributed by atoms with Crippen LogP contribution in [0.15, 0.2) is 55.0 Å². The van der Waals surface area contributed by atoms with E-state index in [1.165, 1.54) is 4.90 Å². The highest BCUT2D eigenvalue weighted by Gasteiger charge is 2.31. The van der Waals surface area contributed by atoms with Crippen molar-refractivity contribution in [3.05, 3.63) is 66.1 Å². The summed E-state index contributed by atoms with van der Waals surface area (Å²) in [5, 5.41) is 11.8. The smallest absolute Gasteiger partial charge is 0.151 e. The maximum atomic E-state index is 10.9. The Morgan fingerprint density at radius 3 is 2.67 bits per heavy atom. The standard InChI is InChI=1S/C19H19N3O2/c23-19-16(6-5-14-3-2-8-21-17(14)19)18(15-4-1-7-20-13-15)22-9-11-24-12-10-22/h1-8,13,18,23H,9-12H2/p+1. The number of quaternary nitrogens is 1. The second kappa shape index (κ2) is 6.55. The number of hydrogen-bond acceptors (Lipinski definition) is 4. The number of nitrogens with zero attached hydrogens (tertiary/aromatic N) is 2. The molecular formula is C19H20N3O2+. The lowest BCUT2D eigenvalue weighted by Crippen LogP contribution is -3.14. The van der Waals surface area contributed by atoms with Crippen LogP contribution in [0.5, 0.6) is 5.75 Å². The van der Waals surface area contributed by atoms with Gasteiger partial charge in [-0.15, -0.1) is 0 Å². The minimum Gasteiger partial charge on any atom is -0.505 e. The minimum atomic E-state index is 0.0222. The second-order valence-electron chi connectivity index (χ2n) is 6.07. The summed E-state index contributed by atoms with van der Waals surface area (Å²) >= 11 is 0. The van der Waals surface area contributed by atoms with Crippen molar-refractivity contribution in [3.63, 3.8) is 0 Å². The molecule has 1 fully saturated rings. The zero-order valence-corrected chi connectivity index (χ0v) is 13.4. The first-order chi connectivity index (χ1) is 11.8. The molecule has 1 aliphatic rings. The van der Waals surface area contributed by atoms with E-state index in [1.54, 1.807) is 12.4 Å².